The lowest BCUT2D eigenvalue weighted by Gasteiger charge is -2.45. The lowest BCUT2D eigenvalue weighted by molar-refractivity contribution is 0.0558. The molecule has 0 spiro atoms. The SMILES string of the molecule is CC(C)(C)C1CCC1CNC1CC1. The highest BCUT2D eigenvalue weighted by Gasteiger charge is 2.39. The molecule has 76 valence electrons. The second-order valence-corrected chi connectivity index (χ2v) is 5.99. The molecule has 2 rings (SSSR count). The number of nitrogens with one attached hydrogen (secondary N) is 1. The van der Waals surface area contributed by atoms with Crippen molar-refractivity contribution in [1.82, 2.24) is 5.32 Å². The highest BCUT2D eigenvalue weighted by Crippen LogP contribution is 2.45. The maximum Gasteiger partial charge on any atom is 0.00683 e. The van der Waals surface area contributed by atoms with E-state index in [2.05, 4.69) is 26.1 Å². The molecule has 2 aliphatic carbocycles. The van der Waals surface area contributed by atoms with Crippen molar-refractivity contribution in [3.63, 3.8) is 0 Å². The first kappa shape index (κ1) is 9.51. The van der Waals surface area contributed by atoms with Gasteiger partial charge in [0.1, 0.15) is 0 Å². The summed E-state index contributed by atoms with van der Waals surface area (Å²) >= 11 is 0. The Balaban J connectivity index is 1.73. The van der Waals surface area contributed by atoms with E-state index in [4.69, 9.17) is 0 Å². The first-order chi connectivity index (χ1) is 6.07. The van der Waals surface area contributed by atoms with E-state index in [9.17, 15) is 0 Å². The normalized spacial score (nSPS) is 34.4. The molecule has 0 saturated heterocycles. The molecule has 0 aromatic rings. The third kappa shape index (κ3) is 2.25. The Hall–Kier alpha value is -0.0400. The third-order valence-electron chi connectivity index (χ3n) is 3.78. The van der Waals surface area contributed by atoms with Gasteiger partial charge in [-0.2, -0.15) is 0 Å². The van der Waals surface area contributed by atoms with Gasteiger partial charge in [0.05, 0.1) is 0 Å². The van der Waals surface area contributed by atoms with Crippen LogP contribution in [-0.4, -0.2) is 12.6 Å². The summed E-state index contributed by atoms with van der Waals surface area (Å²) in [6, 6.07) is 0.890. The van der Waals surface area contributed by atoms with Crippen LogP contribution in [0.3, 0.4) is 0 Å². The Morgan fingerprint density at radius 1 is 1.08 bits per heavy atom. The molecule has 0 aliphatic heterocycles. The van der Waals surface area contributed by atoms with E-state index in [1.54, 1.807) is 0 Å². The summed E-state index contributed by atoms with van der Waals surface area (Å²) in [5, 5.41) is 3.66. The monoisotopic (exact) mass is 181 g/mol. The highest BCUT2D eigenvalue weighted by molar-refractivity contribution is 4.91. The molecule has 0 radical (unpaired) electrons. The molecule has 2 aliphatic rings. The van der Waals surface area contributed by atoms with Gasteiger partial charge in [0.2, 0.25) is 0 Å². The number of hydrogen-bond acceptors (Lipinski definition) is 1. The molecule has 2 unspecified atom stereocenters. The van der Waals surface area contributed by atoms with Crippen molar-refractivity contribution in [1.29, 1.82) is 0 Å². The van der Waals surface area contributed by atoms with Crippen LogP contribution >= 0.6 is 0 Å². The molecule has 2 saturated carbocycles. The molecule has 0 aromatic heterocycles. The van der Waals surface area contributed by atoms with Gasteiger partial charge < -0.3 is 5.32 Å². The first-order valence-electron chi connectivity index (χ1n) is 5.81. The van der Waals surface area contributed by atoms with Crippen LogP contribution in [0.25, 0.3) is 0 Å². The van der Waals surface area contributed by atoms with E-state index in [1.165, 1.54) is 32.2 Å². The maximum absolute atomic E-state index is 3.66. The van der Waals surface area contributed by atoms with E-state index < -0.39 is 0 Å². The maximum atomic E-state index is 3.66. The van der Waals surface area contributed by atoms with Gasteiger partial charge in [0, 0.05) is 6.04 Å². The summed E-state index contributed by atoms with van der Waals surface area (Å²) in [5.41, 5.74) is 0.536. The van der Waals surface area contributed by atoms with Crippen LogP contribution in [0, 0.1) is 17.3 Å². The van der Waals surface area contributed by atoms with E-state index in [0.717, 1.165) is 17.9 Å². The summed E-state index contributed by atoms with van der Waals surface area (Å²) < 4.78 is 0. The van der Waals surface area contributed by atoms with Gasteiger partial charge in [0.15, 0.2) is 0 Å². The van der Waals surface area contributed by atoms with Gasteiger partial charge in [-0.15, -0.1) is 0 Å². The molecule has 1 N–H and O–H groups in total. The van der Waals surface area contributed by atoms with Gasteiger partial charge in [-0.05, 0) is 49.5 Å². The second kappa shape index (κ2) is 3.27. The summed E-state index contributed by atoms with van der Waals surface area (Å²) in [7, 11) is 0. The van der Waals surface area contributed by atoms with Crippen molar-refractivity contribution in [3.8, 4) is 0 Å². The average Bonchev–Trinajstić information content (AvgIpc) is 2.64. The fourth-order valence-electron chi connectivity index (χ4n) is 2.56. The molecular formula is C12H23N. The summed E-state index contributed by atoms with van der Waals surface area (Å²) in [5.74, 6) is 1.94. The Kier molecular flexibility index (Phi) is 2.39. The highest BCUT2D eigenvalue weighted by atomic mass is 14.9. The second-order valence-electron chi connectivity index (χ2n) is 5.99. The third-order valence-corrected chi connectivity index (χ3v) is 3.78. The number of rotatable bonds is 3. The van der Waals surface area contributed by atoms with Crippen LogP contribution < -0.4 is 5.32 Å². The lowest BCUT2D eigenvalue weighted by Crippen LogP contribution is -2.42. The van der Waals surface area contributed by atoms with Gasteiger partial charge in [-0.1, -0.05) is 20.8 Å². The van der Waals surface area contributed by atoms with Crippen molar-refractivity contribution in [2.24, 2.45) is 17.3 Å². The van der Waals surface area contributed by atoms with Gasteiger partial charge in [0.25, 0.3) is 0 Å². The fourth-order valence-corrected chi connectivity index (χ4v) is 2.56. The van der Waals surface area contributed by atoms with E-state index in [-0.39, 0.29) is 0 Å². The average molecular weight is 181 g/mol. The van der Waals surface area contributed by atoms with Gasteiger partial charge >= 0.3 is 0 Å². The largest absolute Gasteiger partial charge is 0.314 e. The van der Waals surface area contributed by atoms with Crippen LogP contribution in [-0.2, 0) is 0 Å². The van der Waals surface area contributed by atoms with Crippen LogP contribution in [0.4, 0.5) is 0 Å². The Morgan fingerprint density at radius 3 is 2.15 bits per heavy atom. The Labute approximate surface area is 82.3 Å². The molecule has 1 heteroatoms. The zero-order valence-corrected chi connectivity index (χ0v) is 9.27. The zero-order valence-electron chi connectivity index (χ0n) is 9.27. The predicted molar refractivity (Wildman–Crippen MR) is 56.7 cm³/mol. The van der Waals surface area contributed by atoms with E-state index in [1.807, 2.05) is 0 Å². The molecule has 13 heavy (non-hydrogen) atoms. The molecular weight excluding hydrogens is 158 g/mol. The fraction of sp³-hybridized carbons (Fsp3) is 1.00. The zero-order chi connectivity index (χ0) is 9.47. The molecule has 1 nitrogen and oxygen atoms in total. The topological polar surface area (TPSA) is 12.0 Å². The minimum atomic E-state index is 0.536. The van der Waals surface area contributed by atoms with Gasteiger partial charge in [-0.25, -0.2) is 0 Å². The molecule has 0 heterocycles. The standard InChI is InChI=1S/C12H23N/c1-12(2,3)11-7-4-9(11)8-13-10-5-6-10/h9-11,13H,4-8H2,1-3H3. The first-order valence-corrected chi connectivity index (χ1v) is 5.81. The van der Waals surface area contributed by atoms with Crippen molar-refractivity contribution in [2.75, 3.05) is 6.54 Å². The predicted octanol–water partition coefficient (Wildman–Crippen LogP) is 2.81. The smallest absolute Gasteiger partial charge is 0.00683 e. The quantitative estimate of drug-likeness (QED) is 0.706. The van der Waals surface area contributed by atoms with E-state index in [0.29, 0.717) is 5.41 Å². The molecule has 0 bridgehead atoms. The molecule has 0 amide bonds. The van der Waals surface area contributed by atoms with Crippen molar-refractivity contribution in [2.45, 2.75) is 52.5 Å². The molecule has 2 fully saturated rings. The minimum absolute atomic E-state index is 0.536. The molecule has 0 aromatic carbocycles. The number of hydrogen-bond donors (Lipinski definition) is 1. The minimum Gasteiger partial charge on any atom is -0.314 e. The van der Waals surface area contributed by atoms with Crippen molar-refractivity contribution < 1.29 is 0 Å². The van der Waals surface area contributed by atoms with Crippen LogP contribution in [0.1, 0.15) is 46.5 Å². The van der Waals surface area contributed by atoms with Crippen LogP contribution in [0.15, 0.2) is 0 Å². The summed E-state index contributed by atoms with van der Waals surface area (Å²) in [4.78, 5) is 0. The van der Waals surface area contributed by atoms with Crippen LogP contribution in [0.5, 0.6) is 0 Å². The van der Waals surface area contributed by atoms with Crippen LogP contribution in [0.2, 0.25) is 0 Å². The Morgan fingerprint density at radius 2 is 1.77 bits per heavy atom. The van der Waals surface area contributed by atoms with E-state index >= 15 is 0 Å². The lowest BCUT2D eigenvalue weighted by atomic mass is 9.61. The van der Waals surface area contributed by atoms with Crippen molar-refractivity contribution in [3.05, 3.63) is 0 Å². The molecule has 2 atom stereocenters. The van der Waals surface area contributed by atoms with Crippen molar-refractivity contribution >= 4 is 0 Å². The van der Waals surface area contributed by atoms with Gasteiger partial charge in [-0.3, -0.25) is 0 Å². The summed E-state index contributed by atoms with van der Waals surface area (Å²) in [6.45, 7) is 8.45. The Bertz CT molecular complexity index is 176. The summed E-state index contributed by atoms with van der Waals surface area (Å²) in [6.07, 6.45) is 5.77.